The fourth-order valence-electron chi connectivity index (χ4n) is 3.56. The van der Waals surface area contributed by atoms with Crippen molar-refractivity contribution in [3.05, 3.63) is 72.5 Å². The molecule has 0 bridgehead atoms. The van der Waals surface area contributed by atoms with Crippen molar-refractivity contribution in [3.63, 3.8) is 0 Å². The van der Waals surface area contributed by atoms with Crippen LogP contribution < -0.4 is 4.90 Å². The standard InChI is InChI=1S/C25H29FN4/c1-5-9-22-23(8-4)30(21-13-11-20(26)12-14-21)25(28-22)19-10-15-24(27-18-19)29(16-6-2)17-7-3/h5,8-15,18H,4,6-7,16-17H2,1-3H3/b9-5-. The van der Waals surface area contributed by atoms with Crippen molar-refractivity contribution in [2.75, 3.05) is 18.0 Å². The average Bonchev–Trinajstić information content (AvgIpc) is 3.13. The molecule has 0 amide bonds. The SMILES string of the molecule is C=Cc1c(/C=C\C)nc(-c2ccc(N(CCC)CCC)nc2)n1-c1ccc(F)cc1. The van der Waals surface area contributed by atoms with Gasteiger partial charge in [0.15, 0.2) is 0 Å². The van der Waals surface area contributed by atoms with Crippen LogP contribution >= 0.6 is 0 Å². The van der Waals surface area contributed by atoms with Crippen molar-refractivity contribution in [2.45, 2.75) is 33.6 Å². The molecule has 0 saturated heterocycles. The maximum atomic E-state index is 13.5. The molecule has 156 valence electrons. The van der Waals surface area contributed by atoms with E-state index < -0.39 is 0 Å². The van der Waals surface area contributed by atoms with Crippen molar-refractivity contribution in [1.82, 2.24) is 14.5 Å². The van der Waals surface area contributed by atoms with E-state index in [4.69, 9.17) is 9.97 Å². The maximum Gasteiger partial charge on any atom is 0.147 e. The molecule has 0 atom stereocenters. The Morgan fingerprint density at radius 3 is 2.30 bits per heavy atom. The largest absolute Gasteiger partial charge is 0.357 e. The van der Waals surface area contributed by atoms with Crippen LogP contribution in [0.1, 0.15) is 45.0 Å². The number of rotatable bonds is 9. The molecule has 2 aromatic heterocycles. The highest BCUT2D eigenvalue weighted by Gasteiger charge is 2.17. The Balaban J connectivity index is 2.10. The molecule has 4 nitrogen and oxygen atoms in total. The van der Waals surface area contributed by atoms with E-state index in [1.807, 2.05) is 35.9 Å². The Bertz CT molecular complexity index is 995. The van der Waals surface area contributed by atoms with E-state index in [1.54, 1.807) is 18.2 Å². The fourth-order valence-corrected chi connectivity index (χ4v) is 3.56. The van der Waals surface area contributed by atoms with Gasteiger partial charge in [-0.1, -0.05) is 26.5 Å². The smallest absolute Gasteiger partial charge is 0.147 e. The van der Waals surface area contributed by atoms with E-state index in [-0.39, 0.29) is 5.82 Å². The van der Waals surface area contributed by atoms with Gasteiger partial charge in [0.2, 0.25) is 0 Å². The zero-order valence-electron chi connectivity index (χ0n) is 18.0. The van der Waals surface area contributed by atoms with Gasteiger partial charge in [0.05, 0.1) is 11.4 Å². The summed E-state index contributed by atoms with van der Waals surface area (Å²) in [5, 5.41) is 0. The number of pyridine rings is 1. The lowest BCUT2D eigenvalue weighted by Crippen LogP contribution is -2.25. The minimum Gasteiger partial charge on any atom is -0.357 e. The van der Waals surface area contributed by atoms with Crippen molar-refractivity contribution < 1.29 is 4.39 Å². The van der Waals surface area contributed by atoms with Gasteiger partial charge in [-0.15, -0.1) is 0 Å². The molecule has 0 saturated carbocycles. The number of aromatic nitrogens is 3. The molecule has 0 N–H and O–H groups in total. The van der Waals surface area contributed by atoms with E-state index in [9.17, 15) is 4.39 Å². The van der Waals surface area contributed by atoms with Crippen molar-refractivity contribution in [3.8, 4) is 17.1 Å². The normalized spacial score (nSPS) is 11.2. The molecule has 0 aliphatic carbocycles. The van der Waals surface area contributed by atoms with E-state index in [2.05, 4.69) is 31.4 Å². The Morgan fingerprint density at radius 1 is 1.07 bits per heavy atom. The highest BCUT2D eigenvalue weighted by Crippen LogP contribution is 2.29. The van der Waals surface area contributed by atoms with Gasteiger partial charge >= 0.3 is 0 Å². The Labute approximate surface area is 178 Å². The molecule has 0 aliphatic heterocycles. The van der Waals surface area contributed by atoms with Crippen LogP contribution in [0, 0.1) is 5.82 Å². The highest BCUT2D eigenvalue weighted by atomic mass is 19.1. The second-order valence-electron chi connectivity index (χ2n) is 7.11. The van der Waals surface area contributed by atoms with Crippen molar-refractivity contribution >= 4 is 18.0 Å². The molecule has 5 heteroatoms. The number of anilines is 1. The zero-order valence-corrected chi connectivity index (χ0v) is 18.0. The summed E-state index contributed by atoms with van der Waals surface area (Å²) in [4.78, 5) is 11.9. The molecule has 1 aromatic carbocycles. The summed E-state index contributed by atoms with van der Waals surface area (Å²) in [6.07, 6.45) is 9.70. The monoisotopic (exact) mass is 404 g/mol. The number of imidazole rings is 1. The average molecular weight is 405 g/mol. The molecule has 0 unspecified atom stereocenters. The molecule has 30 heavy (non-hydrogen) atoms. The lowest BCUT2D eigenvalue weighted by molar-refractivity contribution is 0.627. The van der Waals surface area contributed by atoms with Gasteiger partial charge in [0.25, 0.3) is 0 Å². The molecule has 3 aromatic rings. The van der Waals surface area contributed by atoms with Crippen LogP contribution in [-0.2, 0) is 0 Å². The van der Waals surface area contributed by atoms with Gasteiger partial charge in [-0.05, 0) is 68.3 Å². The summed E-state index contributed by atoms with van der Waals surface area (Å²) in [5.41, 5.74) is 3.40. The fraction of sp³-hybridized carbons (Fsp3) is 0.280. The summed E-state index contributed by atoms with van der Waals surface area (Å²) in [6, 6.07) is 10.5. The van der Waals surface area contributed by atoms with Crippen molar-refractivity contribution in [2.24, 2.45) is 0 Å². The Hall–Kier alpha value is -3.21. The predicted octanol–water partition coefficient (Wildman–Crippen LogP) is 6.38. The lowest BCUT2D eigenvalue weighted by atomic mass is 10.2. The molecule has 0 fully saturated rings. The lowest BCUT2D eigenvalue weighted by Gasteiger charge is -2.22. The van der Waals surface area contributed by atoms with Crippen molar-refractivity contribution in [1.29, 1.82) is 0 Å². The minimum absolute atomic E-state index is 0.271. The first-order chi connectivity index (χ1) is 14.6. The summed E-state index contributed by atoms with van der Waals surface area (Å²) < 4.78 is 15.5. The number of benzene rings is 1. The Kier molecular flexibility index (Phi) is 7.17. The minimum atomic E-state index is -0.271. The van der Waals surface area contributed by atoms with Gasteiger partial charge in [-0.2, -0.15) is 0 Å². The number of hydrogen-bond acceptors (Lipinski definition) is 3. The molecule has 2 heterocycles. The third-order valence-corrected chi connectivity index (χ3v) is 4.86. The summed E-state index contributed by atoms with van der Waals surface area (Å²) in [5.74, 6) is 1.45. The van der Waals surface area contributed by atoms with Gasteiger partial charge in [0, 0.05) is 30.5 Å². The molecule has 0 aliphatic rings. The van der Waals surface area contributed by atoms with Crippen LogP contribution in [0.4, 0.5) is 10.2 Å². The van der Waals surface area contributed by atoms with Crippen LogP contribution in [0.15, 0.2) is 55.3 Å². The zero-order chi connectivity index (χ0) is 21.5. The first-order valence-corrected chi connectivity index (χ1v) is 10.5. The van der Waals surface area contributed by atoms with Gasteiger partial charge in [0.1, 0.15) is 17.5 Å². The van der Waals surface area contributed by atoms with E-state index in [1.165, 1.54) is 12.1 Å². The first-order valence-electron chi connectivity index (χ1n) is 10.5. The van der Waals surface area contributed by atoms with E-state index >= 15 is 0 Å². The van der Waals surface area contributed by atoms with Crippen LogP contribution in [0.2, 0.25) is 0 Å². The number of allylic oxidation sites excluding steroid dienone is 1. The molecule has 3 rings (SSSR count). The quantitative estimate of drug-likeness (QED) is 0.415. The van der Waals surface area contributed by atoms with Crippen LogP contribution in [0.25, 0.3) is 29.2 Å². The van der Waals surface area contributed by atoms with E-state index in [0.29, 0.717) is 0 Å². The van der Waals surface area contributed by atoms with Gasteiger partial charge in [-0.25, -0.2) is 14.4 Å². The summed E-state index contributed by atoms with van der Waals surface area (Å²) in [7, 11) is 0. The van der Waals surface area contributed by atoms with Crippen LogP contribution in [0.3, 0.4) is 0 Å². The van der Waals surface area contributed by atoms with Gasteiger partial charge in [-0.3, -0.25) is 4.57 Å². The maximum absolute atomic E-state index is 13.5. The van der Waals surface area contributed by atoms with Gasteiger partial charge < -0.3 is 4.90 Å². The third kappa shape index (κ3) is 4.51. The number of hydrogen-bond donors (Lipinski definition) is 0. The first kappa shape index (κ1) is 21.5. The number of halogens is 1. The summed E-state index contributed by atoms with van der Waals surface area (Å²) >= 11 is 0. The molecular formula is C25H29FN4. The van der Waals surface area contributed by atoms with Crippen LogP contribution in [-0.4, -0.2) is 27.6 Å². The summed E-state index contributed by atoms with van der Waals surface area (Å²) in [6.45, 7) is 12.2. The van der Waals surface area contributed by atoms with Crippen LogP contribution in [0.5, 0.6) is 0 Å². The second-order valence-corrected chi connectivity index (χ2v) is 7.11. The molecule has 0 radical (unpaired) electrons. The number of nitrogens with zero attached hydrogens (tertiary/aromatic N) is 4. The molecular weight excluding hydrogens is 375 g/mol. The topological polar surface area (TPSA) is 34.0 Å². The third-order valence-electron chi connectivity index (χ3n) is 4.86. The highest BCUT2D eigenvalue weighted by molar-refractivity contribution is 5.70. The molecule has 0 spiro atoms. The second kappa shape index (κ2) is 10.0. The predicted molar refractivity (Wildman–Crippen MR) is 124 cm³/mol. The Morgan fingerprint density at radius 2 is 1.77 bits per heavy atom. The van der Waals surface area contributed by atoms with E-state index in [0.717, 1.165) is 60.2 Å².